The zero-order valence-corrected chi connectivity index (χ0v) is 11.6. The molecule has 2 heterocycles. The van der Waals surface area contributed by atoms with Crippen molar-refractivity contribution < 1.29 is 19.0 Å². The normalized spacial score (nSPS) is 41.8. The highest BCUT2D eigenvalue weighted by Crippen LogP contribution is 2.47. The van der Waals surface area contributed by atoms with Crippen LogP contribution in [0.2, 0.25) is 0 Å². The van der Waals surface area contributed by atoms with Crippen molar-refractivity contribution in [2.75, 3.05) is 0 Å². The van der Waals surface area contributed by atoms with Crippen molar-refractivity contribution in [3.63, 3.8) is 0 Å². The highest BCUT2D eigenvalue weighted by atomic mass is 16.6. The molecule has 1 aliphatic carbocycles. The Kier molecular flexibility index (Phi) is 3.53. The number of nitrogens with zero attached hydrogens (tertiary/aromatic N) is 1. The fourth-order valence-corrected chi connectivity index (χ4v) is 3.49. The van der Waals surface area contributed by atoms with E-state index >= 15 is 0 Å². The SMILES string of the molecule is CC(=O)OC1C=C[C@]23CC1O[C@H]2CCC(CCC#N)O3. The van der Waals surface area contributed by atoms with Crippen molar-refractivity contribution in [3.8, 4) is 6.07 Å². The van der Waals surface area contributed by atoms with Crippen LogP contribution in [0.4, 0.5) is 0 Å². The molecule has 2 bridgehead atoms. The van der Waals surface area contributed by atoms with Gasteiger partial charge in [0, 0.05) is 19.8 Å². The second-order valence-electron chi connectivity index (χ2n) is 5.77. The monoisotopic (exact) mass is 277 g/mol. The van der Waals surface area contributed by atoms with Crippen LogP contribution in [0, 0.1) is 11.3 Å². The second kappa shape index (κ2) is 5.19. The number of hydrogen-bond acceptors (Lipinski definition) is 5. The molecule has 1 spiro atoms. The minimum atomic E-state index is -0.375. The Morgan fingerprint density at radius 3 is 3.15 bits per heavy atom. The fraction of sp³-hybridized carbons (Fsp3) is 0.733. The molecule has 0 N–H and O–H groups in total. The van der Waals surface area contributed by atoms with Crippen molar-refractivity contribution in [2.24, 2.45) is 0 Å². The molecule has 0 aromatic rings. The molecule has 3 aliphatic rings. The number of rotatable bonds is 3. The summed E-state index contributed by atoms with van der Waals surface area (Å²) < 4.78 is 17.5. The lowest BCUT2D eigenvalue weighted by Gasteiger charge is -2.40. The number of fused-ring (bicyclic) bond motifs is 1. The van der Waals surface area contributed by atoms with Crippen LogP contribution < -0.4 is 0 Å². The molecule has 5 heteroatoms. The number of carbonyl (C=O) groups is 1. The first-order valence-corrected chi connectivity index (χ1v) is 7.20. The topological polar surface area (TPSA) is 68.5 Å². The predicted molar refractivity (Wildman–Crippen MR) is 69.7 cm³/mol. The van der Waals surface area contributed by atoms with E-state index in [1.54, 1.807) is 0 Å². The number of hydrogen-bond donors (Lipinski definition) is 0. The summed E-state index contributed by atoms with van der Waals surface area (Å²) in [6.45, 7) is 1.41. The smallest absolute Gasteiger partial charge is 0.303 e. The minimum Gasteiger partial charge on any atom is -0.456 e. The van der Waals surface area contributed by atoms with E-state index in [9.17, 15) is 4.79 Å². The maximum absolute atomic E-state index is 11.1. The molecule has 0 saturated carbocycles. The Morgan fingerprint density at radius 2 is 2.40 bits per heavy atom. The Hall–Kier alpha value is -1.38. The van der Waals surface area contributed by atoms with Crippen LogP contribution in [0.3, 0.4) is 0 Å². The Morgan fingerprint density at radius 1 is 1.55 bits per heavy atom. The lowest BCUT2D eigenvalue weighted by Crippen LogP contribution is -2.47. The van der Waals surface area contributed by atoms with Gasteiger partial charge in [-0.3, -0.25) is 4.79 Å². The van der Waals surface area contributed by atoms with Crippen molar-refractivity contribution >= 4 is 5.97 Å². The summed E-state index contributed by atoms with van der Waals surface area (Å²) in [4.78, 5) is 11.1. The molecular weight excluding hydrogens is 258 g/mol. The molecule has 2 aliphatic heterocycles. The standard InChI is InChI=1S/C15H19NO4/c1-10(17)18-12-6-7-15-9-13(12)19-14(15)5-4-11(20-15)3-2-8-16/h6-7,11-14H,2-5,9H2,1H3/t11?,12?,13?,14-,15-/m0/s1. The van der Waals surface area contributed by atoms with Crippen molar-refractivity contribution in [1.82, 2.24) is 0 Å². The van der Waals surface area contributed by atoms with Gasteiger partial charge in [0.1, 0.15) is 17.8 Å². The molecule has 0 aromatic heterocycles. The van der Waals surface area contributed by atoms with Gasteiger partial charge in [-0.05, 0) is 25.3 Å². The summed E-state index contributed by atoms with van der Waals surface area (Å²) in [5.74, 6) is -0.290. The van der Waals surface area contributed by atoms with Crippen LogP contribution in [-0.2, 0) is 19.0 Å². The number of carbonyl (C=O) groups excluding carboxylic acids is 1. The highest BCUT2D eigenvalue weighted by molar-refractivity contribution is 5.66. The van der Waals surface area contributed by atoms with Gasteiger partial charge < -0.3 is 14.2 Å². The zero-order chi connectivity index (χ0) is 14.2. The third-order valence-electron chi connectivity index (χ3n) is 4.36. The van der Waals surface area contributed by atoms with Gasteiger partial charge >= 0.3 is 5.97 Å². The third kappa shape index (κ3) is 2.34. The minimum absolute atomic E-state index is 0.0441. The van der Waals surface area contributed by atoms with Gasteiger partial charge in [0.25, 0.3) is 0 Å². The summed E-state index contributed by atoms with van der Waals surface area (Å²) >= 11 is 0. The molecule has 5 atom stereocenters. The summed E-state index contributed by atoms with van der Waals surface area (Å²) in [5, 5.41) is 8.68. The van der Waals surface area contributed by atoms with E-state index in [-0.39, 0.29) is 36.0 Å². The van der Waals surface area contributed by atoms with Gasteiger partial charge in [0.05, 0.1) is 18.3 Å². The average Bonchev–Trinajstić information content (AvgIpc) is 2.72. The van der Waals surface area contributed by atoms with E-state index in [0.29, 0.717) is 6.42 Å². The lowest BCUT2D eigenvalue weighted by atomic mass is 9.82. The number of ether oxygens (including phenoxy) is 3. The highest BCUT2D eigenvalue weighted by Gasteiger charge is 2.55. The van der Waals surface area contributed by atoms with E-state index in [0.717, 1.165) is 25.7 Å². The molecule has 20 heavy (non-hydrogen) atoms. The van der Waals surface area contributed by atoms with E-state index in [2.05, 4.69) is 6.07 Å². The van der Waals surface area contributed by atoms with Crippen molar-refractivity contribution in [3.05, 3.63) is 12.2 Å². The van der Waals surface area contributed by atoms with Gasteiger partial charge in [0.2, 0.25) is 0 Å². The predicted octanol–water partition coefficient (Wildman–Crippen LogP) is 1.87. The Labute approximate surface area is 118 Å². The molecule has 3 unspecified atom stereocenters. The fourth-order valence-electron chi connectivity index (χ4n) is 3.49. The summed E-state index contributed by atoms with van der Waals surface area (Å²) in [5.41, 5.74) is -0.375. The average molecular weight is 277 g/mol. The zero-order valence-electron chi connectivity index (χ0n) is 11.6. The van der Waals surface area contributed by atoms with Crippen molar-refractivity contribution in [2.45, 2.75) is 69.0 Å². The molecule has 2 saturated heterocycles. The molecule has 108 valence electrons. The molecule has 2 fully saturated rings. The van der Waals surface area contributed by atoms with E-state index in [4.69, 9.17) is 19.5 Å². The number of nitriles is 1. The van der Waals surface area contributed by atoms with Crippen LogP contribution >= 0.6 is 0 Å². The summed E-state index contributed by atoms with van der Waals surface area (Å²) in [6.07, 6.45) is 7.55. The largest absolute Gasteiger partial charge is 0.456 e. The molecule has 0 radical (unpaired) electrons. The van der Waals surface area contributed by atoms with Crippen molar-refractivity contribution in [1.29, 1.82) is 5.26 Å². The maximum atomic E-state index is 11.1. The van der Waals surface area contributed by atoms with Crippen LogP contribution in [0.25, 0.3) is 0 Å². The quantitative estimate of drug-likeness (QED) is 0.582. The van der Waals surface area contributed by atoms with Crippen LogP contribution in [0.5, 0.6) is 0 Å². The first kappa shape index (κ1) is 13.6. The second-order valence-corrected chi connectivity index (χ2v) is 5.77. The molecular formula is C15H19NO4. The van der Waals surface area contributed by atoms with Gasteiger partial charge in [-0.25, -0.2) is 0 Å². The van der Waals surface area contributed by atoms with E-state index in [1.165, 1.54) is 6.92 Å². The Balaban J connectivity index is 1.71. The number of esters is 1. The molecule has 3 rings (SSSR count). The first-order valence-electron chi connectivity index (χ1n) is 7.20. The molecule has 5 nitrogen and oxygen atoms in total. The van der Waals surface area contributed by atoms with Gasteiger partial charge in [0.15, 0.2) is 0 Å². The third-order valence-corrected chi connectivity index (χ3v) is 4.36. The lowest BCUT2D eigenvalue weighted by molar-refractivity contribution is -0.152. The molecule has 0 aromatic carbocycles. The van der Waals surface area contributed by atoms with Gasteiger partial charge in [-0.1, -0.05) is 6.08 Å². The van der Waals surface area contributed by atoms with Crippen LogP contribution in [0.1, 0.15) is 39.0 Å². The van der Waals surface area contributed by atoms with E-state index in [1.807, 2.05) is 12.2 Å². The Bertz CT molecular complexity index is 469. The molecule has 0 amide bonds. The van der Waals surface area contributed by atoms with Crippen LogP contribution in [-0.4, -0.2) is 36.0 Å². The van der Waals surface area contributed by atoms with Gasteiger partial charge in [-0.2, -0.15) is 5.26 Å². The first-order chi connectivity index (χ1) is 9.63. The summed E-state index contributed by atoms with van der Waals surface area (Å²) in [6, 6.07) is 2.17. The van der Waals surface area contributed by atoms with E-state index < -0.39 is 0 Å². The summed E-state index contributed by atoms with van der Waals surface area (Å²) in [7, 11) is 0. The van der Waals surface area contributed by atoms with Crippen LogP contribution in [0.15, 0.2) is 12.2 Å². The van der Waals surface area contributed by atoms with Gasteiger partial charge in [-0.15, -0.1) is 0 Å². The maximum Gasteiger partial charge on any atom is 0.303 e.